The molecule has 5 rings (SSSR count). The van der Waals surface area contributed by atoms with Gasteiger partial charge in [-0.15, -0.1) is 25.1 Å². The fraction of sp³-hybridized carbons (Fsp3) is 0.343. The van der Waals surface area contributed by atoms with E-state index in [2.05, 4.69) is 43.9 Å². The third kappa shape index (κ3) is 8.65. The van der Waals surface area contributed by atoms with Crippen LogP contribution in [0.5, 0.6) is 0 Å². The molecule has 0 spiro atoms. The quantitative estimate of drug-likeness (QED) is 0.0797. The SMILES string of the molecule is CCCc1nc(C(C)(C)O)c(C)n1Cc1ccc(-c2ccccc2-c2nnn(C(C)OC(=O)OCc3cccc(CO[N+](=O)[O-])c3)n2)cc1. The van der Waals surface area contributed by atoms with E-state index in [1.54, 1.807) is 45.0 Å². The highest BCUT2D eigenvalue weighted by atomic mass is 16.9. The van der Waals surface area contributed by atoms with Crippen molar-refractivity contribution in [1.29, 1.82) is 0 Å². The Bertz CT molecular complexity index is 1910. The van der Waals surface area contributed by atoms with Crippen molar-refractivity contribution in [2.75, 3.05) is 0 Å². The van der Waals surface area contributed by atoms with Crippen LogP contribution in [0.25, 0.3) is 22.5 Å². The molecule has 0 radical (unpaired) electrons. The van der Waals surface area contributed by atoms with Crippen molar-refractivity contribution in [3.63, 3.8) is 0 Å². The molecule has 49 heavy (non-hydrogen) atoms. The van der Waals surface area contributed by atoms with E-state index in [1.807, 2.05) is 43.3 Å². The Kier molecular flexibility index (Phi) is 10.7. The molecule has 0 aliphatic heterocycles. The minimum atomic E-state index is -1.03. The van der Waals surface area contributed by atoms with Crippen LogP contribution in [0.3, 0.4) is 0 Å². The summed E-state index contributed by atoms with van der Waals surface area (Å²) >= 11 is 0. The lowest BCUT2D eigenvalue weighted by atomic mass is 9.98. The molecule has 5 aromatic rings. The lowest BCUT2D eigenvalue weighted by Crippen LogP contribution is -2.18. The Morgan fingerprint density at radius 3 is 2.37 bits per heavy atom. The van der Waals surface area contributed by atoms with Crippen molar-refractivity contribution in [3.05, 3.63) is 117 Å². The van der Waals surface area contributed by atoms with Gasteiger partial charge in [0.2, 0.25) is 12.1 Å². The number of rotatable bonds is 14. The molecular weight excluding hydrogens is 630 g/mol. The topological polar surface area (TPSA) is 170 Å². The summed E-state index contributed by atoms with van der Waals surface area (Å²) in [5.41, 5.74) is 5.52. The molecule has 0 bridgehead atoms. The molecule has 0 amide bonds. The minimum absolute atomic E-state index is 0.107. The standard InChI is InChI=1S/C35H39N7O7/c1-6-10-31-36-32(35(4,5)44)23(2)40(31)20-25-15-17-28(18-16-25)29-13-7-8-14-30(29)33-37-39-41(38-33)24(3)49-34(43)47-21-26-11-9-12-27(19-26)22-48-42(45)46/h7-9,11-19,24,44H,6,10,20-22H2,1-5H3. The molecule has 0 aliphatic rings. The highest BCUT2D eigenvalue weighted by Crippen LogP contribution is 2.31. The maximum atomic E-state index is 12.4. The van der Waals surface area contributed by atoms with Gasteiger partial charge in [-0.1, -0.05) is 79.7 Å². The van der Waals surface area contributed by atoms with Crippen LogP contribution >= 0.6 is 0 Å². The van der Waals surface area contributed by atoms with Gasteiger partial charge in [-0.3, -0.25) is 0 Å². The molecule has 256 valence electrons. The fourth-order valence-electron chi connectivity index (χ4n) is 5.48. The van der Waals surface area contributed by atoms with Crippen molar-refractivity contribution in [1.82, 2.24) is 29.8 Å². The molecule has 0 saturated carbocycles. The summed E-state index contributed by atoms with van der Waals surface area (Å²) in [4.78, 5) is 33.2. The predicted molar refractivity (Wildman–Crippen MR) is 178 cm³/mol. The van der Waals surface area contributed by atoms with Gasteiger partial charge in [-0.25, -0.2) is 9.78 Å². The van der Waals surface area contributed by atoms with Crippen molar-refractivity contribution in [2.24, 2.45) is 0 Å². The van der Waals surface area contributed by atoms with Crippen LogP contribution in [-0.4, -0.2) is 46.1 Å². The van der Waals surface area contributed by atoms with E-state index in [-0.39, 0.29) is 13.2 Å². The largest absolute Gasteiger partial charge is 0.510 e. The third-order valence-electron chi connectivity index (χ3n) is 7.83. The van der Waals surface area contributed by atoms with E-state index in [9.17, 15) is 20.0 Å². The van der Waals surface area contributed by atoms with Gasteiger partial charge >= 0.3 is 6.16 Å². The zero-order chi connectivity index (χ0) is 35.1. The monoisotopic (exact) mass is 669 g/mol. The van der Waals surface area contributed by atoms with Crippen LogP contribution in [0.4, 0.5) is 4.79 Å². The van der Waals surface area contributed by atoms with Crippen LogP contribution in [0.15, 0.2) is 72.8 Å². The van der Waals surface area contributed by atoms with E-state index < -0.39 is 23.1 Å². The summed E-state index contributed by atoms with van der Waals surface area (Å²) in [5.74, 6) is 1.31. The molecule has 1 N–H and O–H groups in total. The van der Waals surface area contributed by atoms with Crippen molar-refractivity contribution >= 4 is 6.16 Å². The number of carbonyl (C=O) groups is 1. The first-order valence-corrected chi connectivity index (χ1v) is 15.9. The van der Waals surface area contributed by atoms with Gasteiger partial charge < -0.3 is 24.0 Å². The molecule has 3 aromatic carbocycles. The van der Waals surface area contributed by atoms with Gasteiger partial charge in [0.15, 0.2) is 0 Å². The van der Waals surface area contributed by atoms with E-state index in [4.69, 9.17) is 14.5 Å². The van der Waals surface area contributed by atoms with E-state index in [1.165, 1.54) is 4.80 Å². The van der Waals surface area contributed by atoms with Gasteiger partial charge in [0, 0.05) is 24.2 Å². The average Bonchev–Trinajstić information content (AvgIpc) is 3.69. The average molecular weight is 670 g/mol. The Balaban J connectivity index is 1.25. The summed E-state index contributed by atoms with van der Waals surface area (Å²) in [6.45, 7) is 9.54. The summed E-state index contributed by atoms with van der Waals surface area (Å²) in [6.07, 6.45) is -0.0853. The smallest absolute Gasteiger partial charge is 0.429 e. The number of tetrazole rings is 1. The molecule has 1 unspecified atom stereocenters. The molecule has 0 aliphatic carbocycles. The highest BCUT2D eigenvalue weighted by Gasteiger charge is 2.25. The van der Waals surface area contributed by atoms with Crippen LogP contribution in [0, 0.1) is 17.0 Å². The van der Waals surface area contributed by atoms with Crippen LogP contribution in [-0.2, 0) is 46.1 Å². The van der Waals surface area contributed by atoms with Gasteiger partial charge in [0.05, 0.1) is 5.69 Å². The summed E-state index contributed by atoms with van der Waals surface area (Å²) in [7, 11) is 0. The molecule has 0 fully saturated rings. The zero-order valence-corrected chi connectivity index (χ0v) is 28.1. The van der Waals surface area contributed by atoms with Gasteiger partial charge in [-0.05, 0) is 67.1 Å². The van der Waals surface area contributed by atoms with E-state index in [0.29, 0.717) is 29.2 Å². The number of aromatic nitrogens is 6. The van der Waals surface area contributed by atoms with Crippen molar-refractivity contribution in [3.8, 4) is 22.5 Å². The molecule has 0 saturated heterocycles. The Morgan fingerprint density at radius 2 is 1.69 bits per heavy atom. The molecule has 2 aromatic heterocycles. The summed E-state index contributed by atoms with van der Waals surface area (Å²) in [5, 5.41) is 33.0. The number of benzene rings is 3. The van der Waals surface area contributed by atoms with Gasteiger partial charge in [0.1, 0.15) is 24.6 Å². The number of hydrogen-bond donors (Lipinski definition) is 1. The normalized spacial score (nSPS) is 12.0. The molecular formula is C35H39N7O7. The lowest BCUT2D eigenvalue weighted by molar-refractivity contribution is -0.763. The van der Waals surface area contributed by atoms with E-state index in [0.717, 1.165) is 46.6 Å². The van der Waals surface area contributed by atoms with Crippen molar-refractivity contribution in [2.45, 2.75) is 79.0 Å². The molecule has 1 atom stereocenters. The number of nitrogens with zero attached hydrogens (tertiary/aromatic N) is 7. The number of carbonyl (C=O) groups excluding carboxylic acids is 1. The number of ether oxygens (including phenoxy) is 2. The Hall–Kier alpha value is -5.63. The van der Waals surface area contributed by atoms with Crippen molar-refractivity contribution < 1.29 is 29.3 Å². The third-order valence-corrected chi connectivity index (χ3v) is 7.83. The van der Waals surface area contributed by atoms with Crippen LogP contribution in [0.1, 0.15) is 74.2 Å². The first-order valence-electron chi connectivity index (χ1n) is 15.9. The zero-order valence-electron chi connectivity index (χ0n) is 28.1. The molecule has 2 heterocycles. The fourth-order valence-corrected chi connectivity index (χ4v) is 5.48. The van der Waals surface area contributed by atoms with Crippen LogP contribution in [0.2, 0.25) is 0 Å². The highest BCUT2D eigenvalue weighted by molar-refractivity contribution is 5.80. The first-order chi connectivity index (χ1) is 23.4. The number of imidazole rings is 1. The predicted octanol–water partition coefficient (Wildman–Crippen LogP) is 6.32. The van der Waals surface area contributed by atoms with Gasteiger partial charge in [-0.2, -0.15) is 0 Å². The first kappa shape index (κ1) is 34.7. The van der Waals surface area contributed by atoms with E-state index >= 15 is 0 Å². The molecule has 14 nitrogen and oxygen atoms in total. The maximum absolute atomic E-state index is 12.4. The van der Waals surface area contributed by atoms with Gasteiger partial charge in [0.25, 0.3) is 5.09 Å². The maximum Gasteiger partial charge on any atom is 0.510 e. The number of aliphatic hydroxyl groups is 1. The Labute approximate surface area is 283 Å². The second-order valence-electron chi connectivity index (χ2n) is 12.1. The summed E-state index contributed by atoms with van der Waals surface area (Å²) < 4.78 is 12.7. The van der Waals surface area contributed by atoms with Crippen LogP contribution < -0.4 is 0 Å². The lowest BCUT2D eigenvalue weighted by Gasteiger charge is -2.16. The second-order valence-corrected chi connectivity index (χ2v) is 12.1. The second kappa shape index (κ2) is 15.1. The molecule has 14 heteroatoms. The number of aryl methyl sites for hydroxylation is 1. The minimum Gasteiger partial charge on any atom is -0.429 e. The summed E-state index contributed by atoms with van der Waals surface area (Å²) in [6, 6.07) is 22.7. The number of hydrogen-bond acceptors (Lipinski definition) is 11. The Morgan fingerprint density at radius 1 is 1.00 bits per heavy atom.